The van der Waals surface area contributed by atoms with Crippen LogP contribution in [0.5, 0.6) is 0 Å². The van der Waals surface area contributed by atoms with Crippen LogP contribution < -0.4 is 0 Å². The van der Waals surface area contributed by atoms with Crippen molar-refractivity contribution in [1.29, 1.82) is 0 Å². The Labute approximate surface area is 117 Å². The van der Waals surface area contributed by atoms with E-state index >= 15 is 0 Å². The minimum Gasteiger partial charge on any atom is -0.456 e. The molecule has 0 saturated carbocycles. The molecule has 0 spiro atoms. The molecule has 0 aliphatic heterocycles. The largest absolute Gasteiger partial charge is 0.456 e. The Balaban J connectivity index is -0.00000112. The first-order chi connectivity index (χ1) is 7.27. The van der Waals surface area contributed by atoms with Gasteiger partial charge in [0.15, 0.2) is 16.6 Å². The van der Waals surface area contributed by atoms with Crippen molar-refractivity contribution in [3.63, 3.8) is 0 Å². The third-order valence-electron chi connectivity index (χ3n) is 2.08. The Morgan fingerprint density at radius 1 is 0.833 bits per heavy atom. The Bertz CT molecular complexity index is 180. The van der Waals surface area contributed by atoms with E-state index in [1.54, 1.807) is 7.11 Å². The minimum absolute atomic E-state index is 0. The number of hydrogen-bond acceptors (Lipinski definition) is 3. The number of hydrogen-bond donors (Lipinski definition) is 0. The summed E-state index contributed by atoms with van der Waals surface area (Å²) in [6, 6.07) is 1.18. The summed E-state index contributed by atoms with van der Waals surface area (Å²) < 4.78 is 16.6. The SMILES string of the molecule is C.C.COCCOCCC[Si](C)(C)O[Si](C)(C)C. The summed E-state index contributed by atoms with van der Waals surface area (Å²) in [4.78, 5) is 0. The molecule has 0 atom stereocenters. The maximum Gasteiger partial charge on any atom is 0.173 e. The lowest BCUT2D eigenvalue weighted by atomic mass is 10.5. The van der Waals surface area contributed by atoms with Crippen LogP contribution in [-0.4, -0.2) is 43.6 Å². The van der Waals surface area contributed by atoms with E-state index in [1.807, 2.05) is 0 Å². The van der Waals surface area contributed by atoms with Gasteiger partial charge in [-0.05, 0) is 45.2 Å². The first-order valence-corrected chi connectivity index (χ1v) is 12.6. The highest BCUT2D eigenvalue weighted by molar-refractivity contribution is 6.84. The molecule has 0 amide bonds. The Morgan fingerprint density at radius 2 is 1.39 bits per heavy atom. The summed E-state index contributed by atoms with van der Waals surface area (Å²) in [5, 5.41) is 0. The fourth-order valence-electron chi connectivity index (χ4n) is 1.72. The summed E-state index contributed by atoms with van der Waals surface area (Å²) in [5.41, 5.74) is 0. The van der Waals surface area contributed by atoms with Crippen LogP contribution in [0.25, 0.3) is 0 Å². The van der Waals surface area contributed by atoms with E-state index in [4.69, 9.17) is 13.6 Å². The maximum absolute atomic E-state index is 6.25. The average Bonchev–Trinajstić information content (AvgIpc) is 2.06. The van der Waals surface area contributed by atoms with E-state index in [1.165, 1.54) is 6.04 Å². The van der Waals surface area contributed by atoms with Gasteiger partial charge in [0.05, 0.1) is 13.2 Å². The summed E-state index contributed by atoms with van der Waals surface area (Å²) in [6.45, 7) is 13.6. The van der Waals surface area contributed by atoms with Gasteiger partial charge >= 0.3 is 0 Å². The van der Waals surface area contributed by atoms with E-state index in [0.717, 1.165) is 13.0 Å². The first-order valence-electron chi connectivity index (χ1n) is 6.04. The highest BCUT2D eigenvalue weighted by Gasteiger charge is 2.28. The molecule has 0 fully saturated rings. The number of ether oxygens (including phenoxy) is 2. The second kappa shape index (κ2) is 11.2. The van der Waals surface area contributed by atoms with Gasteiger partial charge in [0, 0.05) is 13.7 Å². The highest BCUT2D eigenvalue weighted by Crippen LogP contribution is 2.19. The van der Waals surface area contributed by atoms with Crippen LogP contribution in [-0.2, 0) is 13.6 Å². The van der Waals surface area contributed by atoms with E-state index in [9.17, 15) is 0 Å². The Kier molecular flexibility index (Phi) is 14.5. The zero-order chi connectivity index (χ0) is 12.7. The zero-order valence-corrected chi connectivity index (χ0v) is 13.8. The lowest BCUT2D eigenvalue weighted by molar-refractivity contribution is 0.0707. The van der Waals surface area contributed by atoms with Gasteiger partial charge < -0.3 is 13.6 Å². The van der Waals surface area contributed by atoms with Crippen LogP contribution in [0.1, 0.15) is 21.3 Å². The van der Waals surface area contributed by atoms with Crippen molar-refractivity contribution in [2.45, 2.75) is 60.1 Å². The predicted octanol–water partition coefficient (Wildman–Crippen LogP) is 4.37. The van der Waals surface area contributed by atoms with E-state index in [-0.39, 0.29) is 14.9 Å². The third kappa shape index (κ3) is 16.3. The molecular formula is C13H36O3Si2. The standard InChI is InChI=1S/C11H28O3Si2.2CH4/c1-12-9-10-13-8-7-11-16(5,6)14-15(2,3)4;;/h7-11H2,1-6H3;2*1H4. The molecule has 0 radical (unpaired) electrons. The quantitative estimate of drug-likeness (QED) is 0.467. The first kappa shape index (κ1) is 23.4. The third-order valence-corrected chi connectivity index (χ3v) is 8.30. The zero-order valence-electron chi connectivity index (χ0n) is 11.8. The topological polar surface area (TPSA) is 27.7 Å². The second-order valence-electron chi connectivity index (χ2n) is 5.68. The van der Waals surface area contributed by atoms with Gasteiger partial charge in [0.1, 0.15) is 0 Å². The molecule has 0 unspecified atom stereocenters. The molecule has 0 N–H and O–H groups in total. The molecule has 0 aromatic rings. The molecule has 0 aromatic carbocycles. The van der Waals surface area contributed by atoms with Gasteiger partial charge in [-0.15, -0.1) is 0 Å². The number of methoxy groups -OCH3 is 1. The van der Waals surface area contributed by atoms with Crippen molar-refractivity contribution in [1.82, 2.24) is 0 Å². The van der Waals surface area contributed by atoms with E-state index in [2.05, 4.69) is 32.7 Å². The van der Waals surface area contributed by atoms with Crippen LogP contribution in [0.3, 0.4) is 0 Å². The predicted molar refractivity (Wildman–Crippen MR) is 87.5 cm³/mol. The molecule has 0 aliphatic carbocycles. The van der Waals surface area contributed by atoms with Crippen LogP contribution >= 0.6 is 0 Å². The Hall–Kier alpha value is 0.314. The van der Waals surface area contributed by atoms with Gasteiger partial charge in [-0.1, -0.05) is 14.9 Å². The second-order valence-corrected chi connectivity index (χ2v) is 14.7. The summed E-state index contributed by atoms with van der Waals surface area (Å²) in [7, 11) is -1.13. The van der Waals surface area contributed by atoms with E-state index < -0.39 is 16.6 Å². The summed E-state index contributed by atoms with van der Waals surface area (Å²) in [6.07, 6.45) is 1.10. The van der Waals surface area contributed by atoms with E-state index in [0.29, 0.717) is 13.2 Å². The molecule has 0 rings (SSSR count). The van der Waals surface area contributed by atoms with Crippen LogP contribution in [0.15, 0.2) is 0 Å². The van der Waals surface area contributed by atoms with Gasteiger partial charge in [-0.25, -0.2) is 0 Å². The summed E-state index contributed by atoms with van der Waals surface area (Å²) in [5.74, 6) is 0. The number of rotatable bonds is 9. The Morgan fingerprint density at radius 3 is 1.83 bits per heavy atom. The van der Waals surface area contributed by atoms with Gasteiger partial charge in [-0.3, -0.25) is 0 Å². The normalized spacial score (nSPS) is 11.7. The fraction of sp³-hybridized carbons (Fsp3) is 1.00. The van der Waals surface area contributed by atoms with Crippen molar-refractivity contribution in [3.8, 4) is 0 Å². The molecule has 0 aromatic heterocycles. The van der Waals surface area contributed by atoms with Crippen molar-refractivity contribution >= 4 is 16.6 Å². The molecule has 0 bridgehead atoms. The minimum atomic E-state index is -1.46. The van der Waals surface area contributed by atoms with Crippen molar-refractivity contribution in [2.75, 3.05) is 26.9 Å². The molecule has 114 valence electrons. The van der Waals surface area contributed by atoms with Crippen LogP contribution in [0, 0.1) is 0 Å². The smallest absolute Gasteiger partial charge is 0.173 e. The molecule has 0 saturated heterocycles. The van der Waals surface area contributed by atoms with Crippen molar-refractivity contribution < 1.29 is 13.6 Å². The molecule has 0 heterocycles. The van der Waals surface area contributed by atoms with Crippen molar-refractivity contribution in [3.05, 3.63) is 0 Å². The fourth-order valence-corrected chi connectivity index (χ4v) is 9.76. The van der Waals surface area contributed by atoms with Gasteiger partial charge in [-0.2, -0.15) is 0 Å². The van der Waals surface area contributed by atoms with Crippen LogP contribution in [0.2, 0.25) is 38.8 Å². The van der Waals surface area contributed by atoms with Crippen molar-refractivity contribution in [2.24, 2.45) is 0 Å². The monoisotopic (exact) mass is 296 g/mol. The van der Waals surface area contributed by atoms with Gasteiger partial charge in [0.25, 0.3) is 0 Å². The molecule has 18 heavy (non-hydrogen) atoms. The highest BCUT2D eigenvalue weighted by atomic mass is 28.4. The maximum atomic E-state index is 6.25. The molecule has 5 heteroatoms. The molecular weight excluding hydrogens is 260 g/mol. The van der Waals surface area contributed by atoms with Crippen LogP contribution in [0.4, 0.5) is 0 Å². The lowest BCUT2D eigenvalue weighted by Gasteiger charge is -2.31. The van der Waals surface area contributed by atoms with Gasteiger partial charge in [0.2, 0.25) is 0 Å². The average molecular weight is 297 g/mol. The molecule has 3 nitrogen and oxygen atoms in total. The molecule has 0 aliphatic rings. The lowest BCUT2D eigenvalue weighted by Crippen LogP contribution is -2.42. The summed E-state index contributed by atoms with van der Waals surface area (Å²) >= 11 is 0.